The van der Waals surface area contributed by atoms with Gasteiger partial charge in [-0.1, -0.05) is 12.1 Å². The van der Waals surface area contributed by atoms with E-state index in [4.69, 9.17) is 4.74 Å². The van der Waals surface area contributed by atoms with Crippen LogP contribution in [0, 0.1) is 5.92 Å². The van der Waals surface area contributed by atoms with Crippen LogP contribution in [0.2, 0.25) is 0 Å². The van der Waals surface area contributed by atoms with Crippen molar-refractivity contribution >= 4 is 11.8 Å². The van der Waals surface area contributed by atoms with Crippen molar-refractivity contribution in [3.8, 4) is 5.75 Å². The lowest BCUT2D eigenvalue weighted by Crippen LogP contribution is -2.49. The van der Waals surface area contributed by atoms with Crippen molar-refractivity contribution in [1.82, 2.24) is 9.80 Å². The van der Waals surface area contributed by atoms with Gasteiger partial charge in [-0.05, 0) is 43.5 Å². The van der Waals surface area contributed by atoms with Gasteiger partial charge in [0.1, 0.15) is 5.75 Å². The van der Waals surface area contributed by atoms with Gasteiger partial charge in [0.25, 0.3) is 0 Å². The van der Waals surface area contributed by atoms with Crippen molar-refractivity contribution in [3.63, 3.8) is 0 Å². The Hall–Kier alpha value is -2.09. The highest BCUT2D eigenvalue weighted by Crippen LogP contribution is 2.35. The molecule has 0 radical (unpaired) electrons. The Balaban J connectivity index is 1.60. The second-order valence-corrected chi connectivity index (χ2v) is 7.08. The summed E-state index contributed by atoms with van der Waals surface area (Å²) < 4.78 is 44.1. The first kappa shape index (κ1) is 19.7. The molecule has 1 aromatic carbocycles. The molecule has 0 aliphatic carbocycles. The number of ether oxygens (including phenoxy) is 1. The summed E-state index contributed by atoms with van der Waals surface area (Å²) in [5, 5.41) is 0. The van der Waals surface area contributed by atoms with E-state index in [2.05, 4.69) is 0 Å². The van der Waals surface area contributed by atoms with Crippen LogP contribution in [0.15, 0.2) is 24.3 Å². The summed E-state index contributed by atoms with van der Waals surface area (Å²) in [6.07, 6.45) is -3.34. The molecule has 0 N–H and O–H groups in total. The molecule has 27 heavy (non-hydrogen) atoms. The normalized spacial score (nSPS) is 24.5. The summed E-state index contributed by atoms with van der Waals surface area (Å²) in [4.78, 5) is 27.7. The number of benzene rings is 1. The number of hydrogen-bond donors (Lipinski definition) is 0. The molecule has 3 rings (SSSR count). The van der Waals surface area contributed by atoms with Crippen LogP contribution in [0.25, 0.3) is 0 Å². The SMILES string of the molecule is COc1ccc(CCN2C(=O)C[C@@H](N3CCC[C@H](C(F)(F)F)C3)C2=O)cc1. The fourth-order valence-electron chi connectivity index (χ4n) is 3.78. The molecule has 2 atom stereocenters. The Morgan fingerprint density at radius 1 is 1.19 bits per heavy atom. The summed E-state index contributed by atoms with van der Waals surface area (Å²) in [7, 11) is 1.57. The smallest absolute Gasteiger partial charge is 0.393 e. The second kappa shape index (κ2) is 7.88. The van der Waals surface area contributed by atoms with Crippen molar-refractivity contribution < 1.29 is 27.5 Å². The Bertz CT molecular complexity index is 690. The van der Waals surface area contributed by atoms with Gasteiger partial charge >= 0.3 is 6.18 Å². The predicted octanol–water partition coefficient (Wildman–Crippen LogP) is 2.64. The first-order valence-corrected chi connectivity index (χ1v) is 9.07. The summed E-state index contributed by atoms with van der Waals surface area (Å²) >= 11 is 0. The number of likely N-dealkylation sites (tertiary alicyclic amines) is 2. The van der Waals surface area contributed by atoms with E-state index < -0.39 is 18.1 Å². The van der Waals surface area contributed by atoms with Gasteiger partial charge in [0.15, 0.2) is 0 Å². The van der Waals surface area contributed by atoms with E-state index in [1.807, 2.05) is 12.1 Å². The number of amides is 2. The first-order valence-electron chi connectivity index (χ1n) is 9.07. The molecule has 8 heteroatoms. The number of alkyl halides is 3. The Morgan fingerprint density at radius 3 is 2.52 bits per heavy atom. The van der Waals surface area contributed by atoms with Crippen molar-refractivity contribution in [2.45, 2.75) is 37.9 Å². The zero-order valence-corrected chi connectivity index (χ0v) is 15.2. The fraction of sp³-hybridized carbons (Fsp3) is 0.579. The highest BCUT2D eigenvalue weighted by Gasteiger charge is 2.47. The minimum Gasteiger partial charge on any atom is -0.497 e. The van der Waals surface area contributed by atoms with E-state index in [9.17, 15) is 22.8 Å². The molecule has 2 amide bonds. The molecule has 0 aromatic heterocycles. The number of methoxy groups -OCH3 is 1. The van der Waals surface area contributed by atoms with Crippen LogP contribution in [0.1, 0.15) is 24.8 Å². The number of imide groups is 1. The Labute approximate surface area is 156 Å². The number of nitrogens with zero attached hydrogens (tertiary/aromatic N) is 2. The molecular weight excluding hydrogens is 361 g/mol. The van der Waals surface area contributed by atoms with Gasteiger partial charge in [0, 0.05) is 13.1 Å². The van der Waals surface area contributed by atoms with Gasteiger partial charge in [-0.3, -0.25) is 19.4 Å². The van der Waals surface area contributed by atoms with Gasteiger partial charge in [0.2, 0.25) is 11.8 Å². The van der Waals surface area contributed by atoms with Crippen molar-refractivity contribution in [3.05, 3.63) is 29.8 Å². The number of halogens is 3. The first-order chi connectivity index (χ1) is 12.8. The number of rotatable bonds is 5. The van der Waals surface area contributed by atoms with Crippen LogP contribution in [-0.2, 0) is 16.0 Å². The van der Waals surface area contributed by atoms with Gasteiger partial charge in [-0.15, -0.1) is 0 Å². The van der Waals surface area contributed by atoms with Gasteiger partial charge in [-0.2, -0.15) is 13.2 Å². The van der Waals surface area contributed by atoms with Crippen LogP contribution in [0.3, 0.4) is 0 Å². The average Bonchev–Trinajstić information content (AvgIpc) is 2.94. The molecule has 2 heterocycles. The molecular formula is C19H23F3N2O3. The maximum absolute atomic E-state index is 13.0. The zero-order chi connectivity index (χ0) is 19.6. The lowest BCUT2D eigenvalue weighted by molar-refractivity contribution is -0.189. The van der Waals surface area contributed by atoms with E-state index in [1.54, 1.807) is 19.2 Å². The summed E-state index contributed by atoms with van der Waals surface area (Å²) in [6, 6.07) is 6.56. The Morgan fingerprint density at radius 2 is 1.89 bits per heavy atom. The molecule has 148 valence electrons. The largest absolute Gasteiger partial charge is 0.497 e. The number of piperidine rings is 1. The van der Waals surface area contributed by atoms with E-state index >= 15 is 0 Å². The zero-order valence-electron chi connectivity index (χ0n) is 15.2. The molecule has 5 nitrogen and oxygen atoms in total. The maximum Gasteiger partial charge on any atom is 0.393 e. The molecule has 0 spiro atoms. The van der Waals surface area contributed by atoms with Crippen LogP contribution in [0.4, 0.5) is 13.2 Å². The molecule has 1 aromatic rings. The third-order valence-corrected chi connectivity index (χ3v) is 5.36. The number of carbonyl (C=O) groups is 2. The number of hydrogen-bond acceptors (Lipinski definition) is 4. The van der Waals surface area contributed by atoms with E-state index in [0.717, 1.165) is 11.3 Å². The third kappa shape index (κ3) is 4.43. The maximum atomic E-state index is 13.0. The molecule has 0 unspecified atom stereocenters. The Kier molecular flexibility index (Phi) is 5.74. The topological polar surface area (TPSA) is 49.9 Å². The second-order valence-electron chi connectivity index (χ2n) is 7.08. The molecule has 2 fully saturated rings. The van der Waals surface area contributed by atoms with E-state index in [1.165, 1.54) is 9.80 Å². The van der Waals surface area contributed by atoms with Crippen LogP contribution >= 0.6 is 0 Å². The third-order valence-electron chi connectivity index (χ3n) is 5.36. The minimum atomic E-state index is -4.27. The minimum absolute atomic E-state index is 0.0357. The van der Waals surface area contributed by atoms with E-state index in [-0.39, 0.29) is 37.7 Å². The van der Waals surface area contributed by atoms with Crippen molar-refractivity contribution in [1.29, 1.82) is 0 Å². The summed E-state index contributed by atoms with van der Waals surface area (Å²) in [6.45, 7) is 0.444. The van der Waals surface area contributed by atoms with Gasteiger partial charge in [-0.25, -0.2) is 0 Å². The van der Waals surface area contributed by atoms with E-state index in [0.29, 0.717) is 19.4 Å². The molecule has 0 bridgehead atoms. The van der Waals surface area contributed by atoms with Crippen LogP contribution in [0.5, 0.6) is 5.75 Å². The van der Waals surface area contributed by atoms with Crippen LogP contribution in [-0.4, -0.2) is 60.6 Å². The molecule has 2 saturated heterocycles. The lowest BCUT2D eigenvalue weighted by atomic mass is 9.96. The monoisotopic (exact) mass is 384 g/mol. The number of carbonyl (C=O) groups excluding carboxylic acids is 2. The summed E-state index contributed by atoms with van der Waals surface area (Å²) in [5.74, 6) is -1.40. The van der Waals surface area contributed by atoms with Crippen molar-refractivity contribution in [2.24, 2.45) is 5.92 Å². The highest BCUT2D eigenvalue weighted by atomic mass is 19.4. The highest BCUT2D eigenvalue weighted by molar-refractivity contribution is 6.05. The van der Waals surface area contributed by atoms with Gasteiger partial charge in [0.05, 0.1) is 25.5 Å². The lowest BCUT2D eigenvalue weighted by Gasteiger charge is -2.36. The average molecular weight is 384 g/mol. The van der Waals surface area contributed by atoms with Gasteiger partial charge < -0.3 is 4.74 Å². The molecule has 2 aliphatic rings. The standard InChI is InChI=1S/C19H23F3N2O3/c1-27-15-6-4-13(5-7-15)8-10-24-17(25)11-16(18(24)26)23-9-2-3-14(12-23)19(20,21)22/h4-7,14,16H,2-3,8-12H2,1H3/t14-,16+/m0/s1. The predicted molar refractivity (Wildman–Crippen MR) is 92.2 cm³/mol. The quantitative estimate of drug-likeness (QED) is 0.733. The molecule has 2 aliphatic heterocycles. The fourth-order valence-corrected chi connectivity index (χ4v) is 3.78. The summed E-state index contributed by atoms with van der Waals surface area (Å²) in [5.41, 5.74) is 0.954. The molecule has 0 saturated carbocycles. The van der Waals surface area contributed by atoms with Crippen molar-refractivity contribution in [2.75, 3.05) is 26.7 Å². The van der Waals surface area contributed by atoms with Crippen LogP contribution < -0.4 is 4.74 Å².